The minimum absolute atomic E-state index is 0.249. The van der Waals surface area contributed by atoms with Gasteiger partial charge in [-0.1, -0.05) is 34.8 Å². The number of anilines is 1. The van der Waals surface area contributed by atoms with Crippen LogP contribution in [0.1, 0.15) is 10.4 Å². The van der Waals surface area contributed by atoms with Gasteiger partial charge in [0.05, 0.1) is 0 Å². The lowest BCUT2D eigenvalue weighted by Crippen LogP contribution is -2.13. The van der Waals surface area contributed by atoms with E-state index in [1.807, 2.05) is 0 Å². The van der Waals surface area contributed by atoms with Gasteiger partial charge in [0.15, 0.2) is 11.0 Å². The van der Waals surface area contributed by atoms with Crippen molar-refractivity contribution in [1.82, 2.24) is 10.2 Å². The molecule has 0 aliphatic carbocycles. The first-order valence-electron chi connectivity index (χ1n) is 4.81. The van der Waals surface area contributed by atoms with E-state index >= 15 is 0 Å². The summed E-state index contributed by atoms with van der Waals surface area (Å²) in [5.41, 5.74) is 0.337. The smallest absolute Gasteiger partial charge is 0.256 e. The van der Waals surface area contributed by atoms with Crippen molar-refractivity contribution in [1.29, 1.82) is 0 Å². The highest BCUT2D eigenvalue weighted by atomic mass is 35.5. The number of nitrogens with zero attached hydrogens (tertiary/aromatic N) is 2. The molecule has 18 heavy (non-hydrogen) atoms. The van der Waals surface area contributed by atoms with Gasteiger partial charge < -0.3 is 5.32 Å². The normalized spacial score (nSPS) is 10.2. The van der Waals surface area contributed by atoms with E-state index in [4.69, 9.17) is 34.8 Å². The van der Waals surface area contributed by atoms with Crippen LogP contribution in [-0.4, -0.2) is 16.1 Å². The zero-order chi connectivity index (χ0) is 13.1. The summed E-state index contributed by atoms with van der Waals surface area (Å²) in [6.45, 7) is 0. The molecule has 0 radical (unpaired) electrons. The summed E-state index contributed by atoms with van der Waals surface area (Å²) >= 11 is 17.2. The summed E-state index contributed by atoms with van der Waals surface area (Å²) in [5.74, 6) is -0.0866. The second kappa shape index (κ2) is 5.52. The largest absolute Gasteiger partial charge is 0.305 e. The van der Waals surface area contributed by atoms with Crippen LogP contribution in [-0.2, 0) is 0 Å². The van der Waals surface area contributed by atoms with Gasteiger partial charge in [0.2, 0.25) is 0 Å². The molecule has 0 saturated carbocycles. The van der Waals surface area contributed by atoms with Gasteiger partial charge in [0, 0.05) is 15.6 Å². The van der Waals surface area contributed by atoms with Gasteiger partial charge in [-0.05, 0) is 30.3 Å². The molecule has 2 aromatic rings. The Labute approximate surface area is 118 Å². The van der Waals surface area contributed by atoms with Gasteiger partial charge >= 0.3 is 0 Å². The second-order valence-corrected chi connectivity index (χ2v) is 4.61. The van der Waals surface area contributed by atoms with Crippen LogP contribution in [0.25, 0.3) is 0 Å². The van der Waals surface area contributed by atoms with Gasteiger partial charge in [-0.3, -0.25) is 4.79 Å². The molecule has 0 unspecified atom stereocenters. The van der Waals surface area contributed by atoms with Crippen LogP contribution >= 0.6 is 34.8 Å². The van der Waals surface area contributed by atoms with E-state index in [1.54, 1.807) is 12.1 Å². The maximum absolute atomic E-state index is 11.9. The molecule has 0 spiro atoms. The van der Waals surface area contributed by atoms with Gasteiger partial charge in [0.1, 0.15) is 0 Å². The Kier molecular flexibility index (Phi) is 4.01. The van der Waals surface area contributed by atoms with Crippen molar-refractivity contribution in [3.05, 3.63) is 51.1 Å². The number of aromatic nitrogens is 2. The van der Waals surface area contributed by atoms with Crippen LogP contribution in [0.3, 0.4) is 0 Å². The average molecular weight is 303 g/mol. The van der Waals surface area contributed by atoms with Gasteiger partial charge in [-0.2, -0.15) is 0 Å². The van der Waals surface area contributed by atoms with Crippen molar-refractivity contribution in [2.45, 2.75) is 0 Å². The van der Waals surface area contributed by atoms with Crippen LogP contribution in [0.4, 0.5) is 5.82 Å². The summed E-state index contributed by atoms with van der Waals surface area (Å²) in [4.78, 5) is 11.9. The molecule has 1 aromatic heterocycles. The number of hydrogen-bond donors (Lipinski definition) is 1. The highest BCUT2D eigenvalue weighted by molar-refractivity contribution is 6.35. The number of carbonyl (C=O) groups excluding carboxylic acids is 1. The summed E-state index contributed by atoms with van der Waals surface area (Å²) in [5, 5.41) is 10.9. The molecular weight excluding hydrogens is 296 g/mol. The SMILES string of the molecule is O=C(Nc1ccc(Cl)nn1)c1cc(Cl)cc(Cl)c1. The molecule has 1 N–H and O–H groups in total. The summed E-state index contributed by atoms with van der Waals surface area (Å²) < 4.78 is 0. The molecule has 1 heterocycles. The van der Waals surface area contributed by atoms with E-state index in [0.717, 1.165) is 0 Å². The topological polar surface area (TPSA) is 54.9 Å². The number of amides is 1. The average Bonchev–Trinajstić information content (AvgIpc) is 2.31. The van der Waals surface area contributed by atoms with E-state index in [-0.39, 0.29) is 11.1 Å². The Morgan fingerprint density at radius 3 is 2.22 bits per heavy atom. The van der Waals surface area contributed by atoms with Crippen LogP contribution in [0.2, 0.25) is 15.2 Å². The van der Waals surface area contributed by atoms with Crippen molar-refractivity contribution in [2.75, 3.05) is 5.32 Å². The molecule has 1 amide bonds. The molecule has 0 saturated heterocycles. The Balaban J connectivity index is 2.19. The van der Waals surface area contributed by atoms with Crippen LogP contribution in [0, 0.1) is 0 Å². The molecule has 0 fully saturated rings. The lowest BCUT2D eigenvalue weighted by atomic mass is 10.2. The number of nitrogens with one attached hydrogen (secondary N) is 1. The van der Waals surface area contributed by atoms with Crippen molar-refractivity contribution in [2.24, 2.45) is 0 Å². The quantitative estimate of drug-likeness (QED) is 0.920. The van der Waals surface area contributed by atoms with E-state index in [0.29, 0.717) is 21.4 Å². The van der Waals surface area contributed by atoms with Crippen molar-refractivity contribution >= 4 is 46.5 Å². The molecule has 4 nitrogen and oxygen atoms in total. The highest BCUT2D eigenvalue weighted by Gasteiger charge is 2.09. The number of rotatable bonds is 2. The highest BCUT2D eigenvalue weighted by Crippen LogP contribution is 2.19. The van der Waals surface area contributed by atoms with Gasteiger partial charge in [0.25, 0.3) is 5.91 Å². The number of hydrogen-bond acceptors (Lipinski definition) is 3. The standard InChI is InChI=1S/C11H6Cl3N3O/c12-7-3-6(4-8(13)5-7)11(18)15-10-2-1-9(14)16-17-10/h1-5H,(H,15,17,18). The summed E-state index contributed by atoms with van der Waals surface area (Å²) in [7, 11) is 0. The molecule has 7 heteroatoms. The lowest BCUT2D eigenvalue weighted by Gasteiger charge is -2.04. The molecular formula is C11H6Cl3N3O. The van der Waals surface area contributed by atoms with Crippen LogP contribution in [0.15, 0.2) is 30.3 Å². The van der Waals surface area contributed by atoms with Crippen LogP contribution < -0.4 is 5.32 Å². The van der Waals surface area contributed by atoms with E-state index in [9.17, 15) is 4.79 Å². The van der Waals surface area contributed by atoms with Crippen molar-refractivity contribution < 1.29 is 4.79 Å². The fraction of sp³-hybridized carbons (Fsp3) is 0. The van der Waals surface area contributed by atoms with E-state index < -0.39 is 0 Å². The lowest BCUT2D eigenvalue weighted by molar-refractivity contribution is 0.102. The predicted octanol–water partition coefficient (Wildman–Crippen LogP) is 3.69. The van der Waals surface area contributed by atoms with Crippen molar-refractivity contribution in [3.8, 4) is 0 Å². The predicted molar refractivity (Wildman–Crippen MR) is 71.5 cm³/mol. The summed E-state index contributed by atoms with van der Waals surface area (Å²) in [6.07, 6.45) is 0. The first-order valence-corrected chi connectivity index (χ1v) is 5.94. The monoisotopic (exact) mass is 301 g/mol. The molecule has 0 aliphatic rings. The van der Waals surface area contributed by atoms with E-state index in [2.05, 4.69) is 15.5 Å². The van der Waals surface area contributed by atoms with Crippen molar-refractivity contribution in [3.63, 3.8) is 0 Å². The fourth-order valence-corrected chi connectivity index (χ4v) is 1.88. The summed E-state index contributed by atoms with van der Waals surface area (Å²) in [6, 6.07) is 7.62. The first kappa shape index (κ1) is 13.1. The minimum Gasteiger partial charge on any atom is -0.305 e. The Morgan fingerprint density at radius 2 is 1.67 bits per heavy atom. The fourth-order valence-electron chi connectivity index (χ4n) is 1.26. The molecule has 0 atom stereocenters. The third-order valence-electron chi connectivity index (χ3n) is 2.00. The molecule has 1 aromatic carbocycles. The Bertz CT molecular complexity index is 566. The maximum atomic E-state index is 11.9. The van der Waals surface area contributed by atoms with Crippen LogP contribution in [0.5, 0.6) is 0 Å². The third kappa shape index (κ3) is 3.32. The minimum atomic E-state index is -0.379. The Hall–Kier alpha value is -1.36. The maximum Gasteiger partial charge on any atom is 0.256 e. The number of halogens is 3. The van der Waals surface area contributed by atoms with E-state index in [1.165, 1.54) is 18.2 Å². The zero-order valence-electron chi connectivity index (χ0n) is 8.82. The molecule has 2 rings (SSSR count). The first-order chi connectivity index (χ1) is 8.54. The second-order valence-electron chi connectivity index (χ2n) is 3.35. The molecule has 92 valence electrons. The third-order valence-corrected chi connectivity index (χ3v) is 2.64. The number of carbonyl (C=O) groups is 1. The van der Waals surface area contributed by atoms with Gasteiger partial charge in [-0.25, -0.2) is 0 Å². The molecule has 0 aliphatic heterocycles. The number of benzene rings is 1. The van der Waals surface area contributed by atoms with Gasteiger partial charge in [-0.15, -0.1) is 10.2 Å². The Morgan fingerprint density at radius 1 is 1.00 bits per heavy atom. The zero-order valence-corrected chi connectivity index (χ0v) is 11.1. The molecule has 0 bridgehead atoms.